The summed E-state index contributed by atoms with van der Waals surface area (Å²) in [6.45, 7) is 0.636. The molecule has 0 bridgehead atoms. The van der Waals surface area contributed by atoms with Crippen LogP contribution >= 0.6 is 0 Å². The SMILES string of the molecule is O=C(NNc1ccccc1)C(c1ccc(Cn2c3ccccc3c(=O)c3ccccc32)cc1)C1CCCC1. The highest BCUT2D eigenvalue weighted by atomic mass is 16.2. The summed E-state index contributed by atoms with van der Waals surface area (Å²) in [5.41, 5.74) is 11.0. The standard InChI is InChI=1S/C33H31N3O2/c37-32-27-14-6-8-16-29(27)36(30-17-9-7-15-28(30)32)22-23-18-20-25(21-19-23)31(24-10-4-5-11-24)33(38)35-34-26-12-2-1-3-13-26/h1-3,6-9,12-21,24,31,34H,4-5,10-11,22H2,(H,35,38). The lowest BCUT2D eigenvalue weighted by atomic mass is 9.84. The quantitative estimate of drug-likeness (QED) is 0.195. The van der Waals surface area contributed by atoms with E-state index >= 15 is 0 Å². The van der Waals surface area contributed by atoms with E-state index in [-0.39, 0.29) is 17.3 Å². The Morgan fingerprint density at radius 3 is 1.97 bits per heavy atom. The minimum atomic E-state index is -0.197. The number of nitrogens with zero attached hydrogens (tertiary/aromatic N) is 1. The minimum absolute atomic E-state index is 0.00546. The maximum Gasteiger partial charge on any atom is 0.246 e. The summed E-state index contributed by atoms with van der Waals surface area (Å²) in [7, 11) is 0. The van der Waals surface area contributed by atoms with Gasteiger partial charge in [-0.05, 0) is 66.3 Å². The van der Waals surface area contributed by atoms with Crippen molar-refractivity contribution in [1.29, 1.82) is 0 Å². The Hall–Kier alpha value is -4.38. The van der Waals surface area contributed by atoms with Gasteiger partial charge >= 0.3 is 0 Å². The third-order valence-electron chi connectivity index (χ3n) is 7.82. The van der Waals surface area contributed by atoms with Gasteiger partial charge in [-0.2, -0.15) is 0 Å². The van der Waals surface area contributed by atoms with Gasteiger partial charge in [0.2, 0.25) is 5.91 Å². The number of carbonyl (C=O) groups is 1. The molecule has 1 saturated carbocycles. The molecule has 190 valence electrons. The van der Waals surface area contributed by atoms with Crippen molar-refractivity contribution < 1.29 is 4.79 Å². The van der Waals surface area contributed by atoms with Crippen LogP contribution < -0.4 is 16.3 Å². The van der Waals surface area contributed by atoms with Crippen molar-refractivity contribution in [2.45, 2.75) is 38.1 Å². The van der Waals surface area contributed by atoms with Crippen molar-refractivity contribution in [3.63, 3.8) is 0 Å². The van der Waals surface area contributed by atoms with Crippen molar-refractivity contribution in [2.75, 3.05) is 5.43 Å². The Kier molecular flexibility index (Phi) is 6.65. The normalized spacial score (nSPS) is 14.5. The second-order valence-corrected chi connectivity index (χ2v) is 10.2. The molecular weight excluding hydrogens is 470 g/mol. The van der Waals surface area contributed by atoms with E-state index in [2.05, 4.69) is 39.7 Å². The number of aromatic nitrogens is 1. The van der Waals surface area contributed by atoms with E-state index in [4.69, 9.17) is 0 Å². The predicted molar refractivity (Wildman–Crippen MR) is 154 cm³/mol. The highest BCUT2D eigenvalue weighted by molar-refractivity contribution is 5.93. The van der Waals surface area contributed by atoms with Crippen LogP contribution in [-0.2, 0) is 11.3 Å². The van der Waals surface area contributed by atoms with E-state index in [0.717, 1.165) is 51.5 Å². The zero-order chi connectivity index (χ0) is 25.9. The number of carbonyl (C=O) groups excluding carboxylic acids is 1. The molecule has 4 aromatic carbocycles. The third kappa shape index (κ3) is 4.68. The van der Waals surface area contributed by atoms with Crippen LogP contribution in [0.15, 0.2) is 108 Å². The maximum atomic E-state index is 13.4. The van der Waals surface area contributed by atoms with E-state index in [1.807, 2.05) is 78.9 Å². The molecule has 2 N–H and O–H groups in total. The number of hydrogen-bond acceptors (Lipinski definition) is 3. The molecule has 0 saturated heterocycles. The molecule has 0 radical (unpaired) electrons. The molecule has 1 aliphatic rings. The Labute approximate surface area is 222 Å². The van der Waals surface area contributed by atoms with Gasteiger partial charge in [0.25, 0.3) is 0 Å². The van der Waals surface area contributed by atoms with Crippen molar-refractivity contribution in [3.05, 3.63) is 124 Å². The number of pyridine rings is 1. The fourth-order valence-corrected chi connectivity index (χ4v) is 5.92. The summed E-state index contributed by atoms with van der Waals surface area (Å²) in [6, 6.07) is 33.8. The predicted octanol–water partition coefficient (Wildman–Crippen LogP) is 6.62. The number of hydrazine groups is 1. The lowest BCUT2D eigenvalue weighted by molar-refractivity contribution is -0.123. The maximum absolute atomic E-state index is 13.4. The number of fused-ring (bicyclic) bond motifs is 2. The molecule has 5 nitrogen and oxygen atoms in total. The van der Waals surface area contributed by atoms with Crippen LogP contribution in [0.25, 0.3) is 21.8 Å². The summed E-state index contributed by atoms with van der Waals surface area (Å²) in [5.74, 6) is 0.146. The van der Waals surface area contributed by atoms with Crippen LogP contribution in [0.1, 0.15) is 42.7 Å². The lowest BCUT2D eigenvalue weighted by Crippen LogP contribution is -2.36. The summed E-state index contributed by atoms with van der Waals surface area (Å²) >= 11 is 0. The third-order valence-corrected chi connectivity index (χ3v) is 7.82. The van der Waals surface area contributed by atoms with Crippen LogP contribution in [0.2, 0.25) is 0 Å². The highest BCUT2D eigenvalue weighted by Crippen LogP contribution is 2.37. The van der Waals surface area contributed by atoms with E-state index in [9.17, 15) is 9.59 Å². The average molecular weight is 502 g/mol. The number of amides is 1. The Morgan fingerprint density at radius 2 is 1.34 bits per heavy atom. The van der Waals surface area contributed by atoms with Gasteiger partial charge in [-0.15, -0.1) is 0 Å². The zero-order valence-corrected chi connectivity index (χ0v) is 21.3. The monoisotopic (exact) mass is 501 g/mol. The van der Waals surface area contributed by atoms with Crippen molar-refractivity contribution >= 4 is 33.4 Å². The van der Waals surface area contributed by atoms with E-state index < -0.39 is 0 Å². The van der Waals surface area contributed by atoms with Crippen molar-refractivity contribution in [2.24, 2.45) is 5.92 Å². The molecule has 0 aliphatic heterocycles. The molecule has 1 aromatic heterocycles. The van der Waals surface area contributed by atoms with E-state index in [1.54, 1.807) is 0 Å². The number of rotatable bonds is 7. The second kappa shape index (κ2) is 10.5. The van der Waals surface area contributed by atoms with Crippen LogP contribution in [0.4, 0.5) is 5.69 Å². The highest BCUT2D eigenvalue weighted by Gasteiger charge is 2.32. The molecule has 1 unspecified atom stereocenters. The van der Waals surface area contributed by atoms with Crippen LogP contribution in [-0.4, -0.2) is 10.5 Å². The topological polar surface area (TPSA) is 63.1 Å². The van der Waals surface area contributed by atoms with Crippen LogP contribution in [0.5, 0.6) is 0 Å². The van der Waals surface area contributed by atoms with Gasteiger partial charge < -0.3 is 4.57 Å². The molecule has 1 aliphatic carbocycles. The van der Waals surface area contributed by atoms with Crippen molar-refractivity contribution in [3.8, 4) is 0 Å². The molecule has 38 heavy (non-hydrogen) atoms. The number of anilines is 1. The van der Waals surface area contributed by atoms with Crippen LogP contribution in [0.3, 0.4) is 0 Å². The first kappa shape index (κ1) is 24.0. The summed E-state index contributed by atoms with van der Waals surface area (Å²) in [6.07, 6.45) is 4.48. The summed E-state index contributed by atoms with van der Waals surface area (Å²) < 4.78 is 2.21. The summed E-state index contributed by atoms with van der Waals surface area (Å²) in [5, 5.41) is 1.46. The number of benzene rings is 4. The fourth-order valence-electron chi connectivity index (χ4n) is 5.92. The van der Waals surface area contributed by atoms with Gasteiger partial charge in [-0.3, -0.25) is 20.4 Å². The van der Waals surface area contributed by atoms with E-state index in [0.29, 0.717) is 12.5 Å². The number of nitrogens with one attached hydrogen (secondary N) is 2. The van der Waals surface area contributed by atoms with Gasteiger partial charge in [0.15, 0.2) is 5.43 Å². The first-order chi connectivity index (χ1) is 18.7. The zero-order valence-electron chi connectivity index (χ0n) is 21.3. The molecule has 1 amide bonds. The average Bonchev–Trinajstić information content (AvgIpc) is 3.50. The van der Waals surface area contributed by atoms with Gasteiger partial charge in [0.05, 0.1) is 22.6 Å². The largest absolute Gasteiger partial charge is 0.336 e. The minimum Gasteiger partial charge on any atom is -0.336 e. The molecule has 1 fully saturated rings. The number of para-hydroxylation sites is 3. The molecule has 0 spiro atoms. The summed E-state index contributed by atoms with van der Waals surface area (Å²) in [4.78, 5) is 26.5. The van der Waals surface area contributed by atoms with E-state index in [1.165, 1.54) is 12.8 Å². The molecule has 6 rings (SSSR count). The van der Waals surface area contributed by atoms with Crippen LogP contribution in [0, 0.1) is 5.92 Å². The smallest absolute Gasteiger partial charge is 0.246 e. The Morgan fingerprint density at radius 1 is 0.763 bits per heavy atom. The molecular formula is C33H31N3O2. The molecule has 1 heterocycles. The molecule has 5 heteroatoms. The van der Waals surface area contributed by atoms with Gasteiger partial charge in [-0.1, -0.05) is 79.6 Å². The first-order valence-electron chi connectivity index (χ1n) is 13.4. The second-order valence-electron chi connectivity index (χ2n) is 10.2. The van der Waals surface area contributed by atoms with Gasteiger partial charge in [0.1, 0.15) is 0 Å². The Balaban J connectivity index is 1.30. The molecule has 1 atom stereocenters. The molecule has 5 aromatic rings. The van der Waals surface area contributed by atoms with Gasteiger partial charge in [0, 0.05) is 17.3 Å². The fraction of sp³-hybridized carbons (Fsp3) is 0.212. The number of hydrogen-bond donors (Lipinski definition) is 2. The van der Waals surface area contributed by atoms with Gasteiger partial charge in [-0.25, -0.2) is 0 Å². The van der Waals surface area contributed by atoms with Crippen molar-refractivity contribution in [1.82, 2.24) is 9.99 Å². The Bertz CT molecular complexity index is 1570. The lowest BCUT2D eigenvalue weighted by Gasteiger charge is -2.24. The first-order valence-corrected chi connectivity index (χ1v) is 13.4.